The Hall–Kier alpha value is -5.03. The van der Waals surface area contributed by atoms with E-state index in [-0.39, 0.29) is 42.7 Å². The second-order valence-corrected chi connectivity index (χ2v) is 14.7. The van der Waals surface area contributed by atoms with Crippen LogP contribution < -0.4 is 30.7 Å². The van der Waals surface area contributed by atoms with Crippen molar-refractivity contribution >= 4 is 58.1 Å². The second-order valence-electron chi connectivity index (χ2n) is 13.0. The molecule has 2 aliphatic rings. The second kappa shape index (κ2) is 17.0. The number of ether oxygens (including phenoxy) is 2. The largest absolute Gasteiger partial charge is 0.485 e. The molecule has 0 saturated carbocycles. The van der Waals surface area contributed by atoms with Gasteiger partial charge in [0, 0.05) is 30.9 Å². The predicted molar refractivity (Wildman–Crippen MR) is 193 cm³/mol. The van der Waals surface area contributed by atoms with Gasteiger partial charge in [0.05, 0.1) is 12.6 Å². The van der Waals surface area contributed by atoms with Gasteiger partial charge in [0.25, 0.3) is 11.8 Å². The molecule has 4 atom stereocenters. The minimum atomic E-state index is -1.03. The van der Waals surface area contributed by atoms with Gasteiger partial charge >= 0.3 is 0 Å². The molecule has 17 heteroatoms. The minimum absolute atomic E-state index is 0.0297. The zero-order valence-electron chi connectivity index (χ0n) is 29.6. The SMILES string of the molecule is CC(C)[C@@H]1NC(=O)[C@H](C)NC(=O)c2csc(n2)[C@H](Cc2ccccc2)NC(=O)CN(C(=O)c2scc3c2OCCO3)CCN(C)C(=O)[C@@H](C)NC1=O. The summed E-state index contributed by atoms with van der Waals surface area (Å²) in [5.74, 6) is -2.81. The van der Waals surface area contributed by atoms with Crippen molar-refractivity contribution in [3.8, 4) is 11.5 Å². The number of likely N-dealkylation sites (N-methyl/N-ethyl adjacent to an activating group) is 1. The molecule has 0 fully saturated rings. The first-order valence-corrected chi connectivity index (χ1v) is 18.7. The summed E-state index contributed by atoms with van der Waals surface area (Å²) in [6.45, 7) is 6.75. The number of amides is 6. The summed E-state index contributed by atoms with van der Waals surface area (Å²) in [5, 5.41) is 14.7. The van der Waals surface area contributed by atoms with Crippen LogP contribution in [0.4, 0.5) is 0 Å². The summed E-state index contributed by atoms with van der Waals surface area (Å²) in [6, 6.07) is 5.75. The van der Waals surface area contributed by atoms with Crippen LogP contribution in [0.1, 0.15) is 64.5 Å². The van der Waals surface area contributed by atoms with Crippen LogP contribution in [0, 0.1) is 5.92 Å². The summed E-state index contributed by atoms with van der Waals surface area (Å²) in [6.07, 6.45) is 0.338. The fourth-order valence-electron chi connectivity index (χ4n) is 5.65. The number of fused-ring (bicyclic) bond motifs is 3. The molecule has 0 aliphatic carbocycles. The van der Waals surface area contributed by atoms with Gasteiger partial charge in [0.1, 0.15) is 46.9 Å². The average molecular weight is 754 g/mol. The maximum atomic E-state index is 14.0. The molecule has 278 valence electrons. The van der Waals surface area contributed by atoms with Crippen LogP contribution in [-0.4, -0.2) is 108 Å². The van der Waals surface area contributed by atoms with Gasteiger partial charge in [-0.05, 0) is 31.7 Å². The highest BCUT2D eigenvalue weighted by Gasteiger charge is 2.33. The molecule has 0 radical (unpaired) electrons. The fourth-order valence-corrected chi connectivity index (χ4v) is 7.39. The van der Waals surface area contributed by atoms with E-state index in [0.29, 0.717) is 29.5 Å². The molecule has 4 N–H and O–H groups in total. The van der Waals surface area contributed by atoms with Crippen molar-refractivity contribution in [1.29, 1.82) is 0 Å². The molecule has 0 saturated heterocycles. The van der Waals surface area contributed by atoms with E-state index < -0.39 is 59.6 Å². The number of nitrogens with one attached hydrogen (secondary N) is 4. The smallest absolute Gasteiger partial charge is 0.271 e. The Balaban J connectivity index is 1.47. The van der Waals surface area contributed by atoms with Gasteiger partial charge in [-0.1, -0.05) is 44.2 Å². The number of rotatable bonds is 4. The molecule has 0 unspecified atom stereocenters. The van der Waals surface area contributed by atoms with E-state index in [1.165, 1.54) is 42.0 Å². The van der Waals surface area contributed by atoms with Crippen molar-refractivity contribution in [2.45, 2.75) is 58.3 Å². The quantitative estimate of drug-likeness (QED) is 0.308. The molecule has 52 heavy (non-hydrogen) atoms. The number of nitrogens with zero attached hydrogens (tertiary/aromatic N) is 3. The number of hydrogen-bond donors (Lipinski definition) is 4. The maximum absolute atomic E-state index is 14.0. The van der Waals surface area contributed by atoms with E-state index in [1.807, 2.05) is 30.3 Å². The molecule has 6 amide bonds. The molecule has 0 spiro atoms. The third kappa shape index (κ3) is 9.25. The number of benzene rings is 1. The molecule has 1 aromatic carbocycles. The number of carbonyl (C=O) groups is 6. The number of thiophene rings is 1. The Morgan fingerprint density at radius 2 is 1.63 bits per heavy atom. The third-order valence-corrected chi connectivity index (χ3v) is 10.5. The van der Waals surface area contributed by atoms with Crippen molar-refractivity contribution in [3.05, 3.63) is 62.2 Å². The fraction of sp³-hybridized carbons (Fsp3) is 0.457. The van der Waals surface area contributed by atoms with Crippen molar-refractivity contribution in [1.82, 2.24) is 36.1 Å². The lowest BCUT2D eigenvalue weighted by molar-refractivity contribution is -0.136. The molecule has 2 aliphatic heterocycles. The molecular weight excluding hydrogens is 711 g/mol. The summed E-state index contributed by atoms with van der Waals surface area (Å²) >= 11 is 2.31. The summed E-state index contributed by atoms with van der Waals surface area (Å²) in [5.41, 5.74) is 0.949. The zero-order chi connectivity index (χ0) is 37.5. The first-order chi connectivity index (χ1) is 24.8. The van der Waals surface area contributed by atoms with Gasteiger partial charge in [0.2, 0.25) is 23.6 Å². The summed E-state index contributed by atoms with van der Waals surface area (Å²) in [4.78, 5) is 88.5. The molecule has 5 rings (SSSR count). The Labute approximate surface area is 309 Å². The lowest BCUT2D eigenvalue weighted by Gasteiger charge is -2.29. The monoisotopic (exact) mass is 753 g/mol. The van der Waals surface area contributed by atoms with Crippen LogP contribution in [0.2, 0.25) is 0 Å². The zero-order valence-corrected chi connectivity index (χ0v) is 31.2. The Bertz CT molecular complexity index is 1800. The van der Waals surface area contributed by atoms with E-state index in [2.05, 4.69) is 26.3 Å². The van der Waals surface area contributed by atoms with E-state index in [1.54, 1.807) is 24.6 Å². The highest BCUT2D eigenvalue weighted by atomic mass is 32.1. The number of carbonyl (C=O) groups excluding carboxylic acids is 6. The van der Waals surface area contributed by atoms with Crippen molar-refractivity contribution in [2.24, 2.45) is 5.92 Å². The van der Waals surface area contributed by atoms with Gasteiger partial charge in [-0.3, -0.25) is 28.8 Å². The van der Waals surface area contributed by atoms with Crippen LogP contribution >= 0.6 is 22.7 Å². The highest BCUT2D eigenvalue weighted by Crippen LogP contribution is 2.40. The summed E-state index contributed by atoms with van der Waals surface area (Å²) in [7, 11) is 1.54. The molecular formula is C35H43N7O8S2. The Morgan fingerprint density at radius 3 is 2.37 bits per heavy atom. The maximum Gasteiger partial charge on any atom is 0.271 e. The topological polar surface area (TPSA) is 188 Å². The Morgan fingerprint density at radius 1 is 0.904 bits per heavy atom. The minimum Gasteiger partial charge on any atom is -0.485 e. The number of thiazole rings is 1. The van der Waals surface area contributed by atoms with Gasteiger partial charge in [-0.2, -0.15) is 0 Å². The van der Waals surface area contributed by atoms with E-state index in [9.17, 15) is 28.8 Å². The van der Waals surface area contributed by atoms with Crippen LogP contribution in [-0.2, 0) is 25.6 Å². The number of hydrogen-bond acceptors (Lipinski definition) is 11. The molecule has 2 aromatic heterocycles. The van der Waals surface area contributed by atoms with Gasteiger partial charge in [-0.25, -0.2) is 4.98 Å². The summed E-state index contributed by atoms with van der Waals surface area (Å²) < 4.78 is 11.4. The van der Waals surface area contributed by atoms with E-state index in [4.69, 9.17) is 9.47 Å². The molecule has 4 heterocycles. The highest BCUT2D eigenvalue weighted by molar-refractivity contribution is 7.12. The van der Waals surface area contributed by atoms with Crippen molar-refractivity contribution < 1.29 is 38.2 Å². The van der Waals surface area contributed by atoms with Crippen molar-refractivity contribution in [2.75, 3.05) is 39.9 Å². The standard InChI is InChI=1S/C35H43N7O8S2/c1-19(2)27-32(46)37-21(4)34(47)41(5)11-12-42(35(48)29-28-25(18-51-29)49-13-14-50-28)16-26(43)38-23(15-22-9-7-6-8-10-22)33-39-24(17-52-33)31(45)36-20(3)30(44)40-27/h6-10,17-21,23,27H,11-16H2,1-5H3,(H,36,45)(H,37,46)(H,38,43)(H,40,44)/t20-,21+,23-,27-/m0/s1. The number of aromatic nitrogens is 1. The van der Waals surface area contributed by atoms with Gasteiger partial charge in [-0.15, -0.1) is 22.7 Å². The lowest BCUT2D eigenvalue weighted by Crippen LogP contribution is -2.57. The van der Waals surface area contributed by atoms with E-state index in [0.717, 1.165) is 16.9 Å². The van der Waals surface area contributed by atoms with Crippen LogP contribution in [0.15, 0.2) is 41.1 Å². The lowest BCUT2D eigenvalue weighted by atomic mass is 10.0. The van der Waals surface area contributed by atoms with Crippen molar-refractivity contribution in [3.63, 3.8) is 0 Å². The normalized spacial score (nSPS) is 22.5. The predicted octanol–water partition coefficient (Wildman–Crippen LogP) is 1.75. The van der Waals surface area contributed by atoms with Crippen LogP contribution in [0.5, 0.6) is 11.5 Å². The molecule has 3 aromatic rings. The first-order valence-electron chi connectivity index (χ1n) is 16.9. The van der Waals surface area contributed by atoms with E-state index >= 15 is 0 Å². The first kappa shape index (κ1) is 38.2. The Kier molecular flexibility index (Phi) is 12.5. The van der Waals surface area contributed by atoms with Crippen LogP contribution in [0.3, 0.4) is 0 Å². The third-order valence-electron chi connectivity index (χ3n) is 8.59. The molecule has 15 nitrogen and oxygen atoms in total. The van der Waals surface area contributed by atoms with Crippen LogP contribution in [0.25, 0.3) is 0 Å². The van der Waals surface area contributed by atoms with Gasteiger partial charge < -0.3 is 40.5 Å². The van der Waals surface area contributed by atoms with Gasteiger partial charge in [0.15, 0.2) is 11.5 Å². The average Bonchev–Trinajstić information content (AvgIpc) is 3.79. The molecule has 2 bridgehead atoms.